The molecular formula is C25H25P. The van der Waals surface area contributed by atoms with E-state index in [0.717, 1.165) is 6.42 Å². The number of fused-ring (bicyclic) bond motifs is 1. The molecule has 1 atom stereocenters. The molecule has 0 saturated carbocycles. The predicted molar refractivity (Wildman–Crippen MR) is 116 cm³/mol. The van der Waals surface area contributed by atoms with Crippen LogP contribution in [0.4, 0.5) is 0 Å². The highest BCUT2D eigenvalue weighted by molar-refractivity contribution is 7.73. The number of allylic oxidation sites excluding steroid dienone is 2. The van der Waals surface area contributed by atoms with Crippen molar-refractivity contribution in [3.8, 4) is 0 Å². The number of hydrogen-bond donors (Lipinski definition) is 0. The molecule has 0 radical (unpaired) electrons. The highest BCUT2D eigenvalue weighted by Crippen LogP contribution is 2.42. The number of benzene rings is 3. The minimum absolute atomic E-state index is 0.316. The first-order valence-electron chi connectivity index (χ1n) is 9.54. The summed E-state index contributed by atoms with van der Waals surface area (Å²) in [5.41, 5.74) is 4.55. The summed E-state index contributed by atoms with van der Waals surface area (Å²) in [5, 5.41) is 2.96. The molecule has 26 heavy (non-hydrogen) atoms. The van der Waals surface area contributed by atoms with E-state index in [4.69, 9.17) is 0 Å². The van der Waals surface area contributed by atoms with Crippen LogP contribution in [0, 0.1) is 0 Å². The van der Waals surface area contributed by atoms with Crippen LogP contribution in [0.2, 0.25) is 0 Å². The lowest BCUT2D eigenvalue weighted by Crippen LogP contribution is -2.14. The molecule has 0 aromatic heterocycles. The van der Waals surface area contributed by atoms with Gasteiger partial charge in [-0.15, -0.1) is 0 Å². The molecule has 0 bridgehead atoms. The van der Waals surface area contributed by atoms with Crippen LogP contribution in [-0.4, -0.2) is 6.16 Å². The fraction of sp³-hybridized carbons (Fsp3) is 0.200. The second kappa shape index (κ2) is 8.02. The lowest BCUT2D eigenvalue weighted by Gasteiger charge is -2.19. The predicted octanol–water partition coefficient (Wildman–Crippen LogP) is 6.10. The summed E-state index contributed by atoms with van der Waals surface area (Å²) in [4.78, 5) is 0. The third-order valence-corrected chi connectivity index (χ3v) is 7.80. The summed E-state index contributed by atoms with van der Waals surface area (Å²) in [6.45, 7) is 2.29. The molecule has 0 fully saturated rings. The van der Waals surface area contributed by atoms with E-state index < -0.39 is 0 Å². The second-order valence-electron chi connectivity index (χ2n) is 6.87. The molecule has 0 amide bonds. The maximum Gasteiger partial charge on any atom is 0.00274 e. The molecule has 0 nitrogen and oxygen atoms in total. The molecule has 3 aromatic rings. The number of hydrogen-bond acceptors (Lipinski definition) is 0. The van der Waals surface area contributed by atoms with Crippen LogP contribution in [0.15, 0.2) is 91.0 Å². The highest BCUT2D eigenvalue weighted by Gasteiger charge is 2.22. The topological polar surface area (TPSA) is 0 Å². The molecule has 1 unspecified atom stereocenters. The first-order valence-corrected chi connectivity index (χ1v) is 11.1. The summed E-state index contributed by atoms with van der Waals surface area (Å²) >= 11 is 0. The fourth-order valence-electron chi connectivity index (χ4n) is 3.95. The van der Waals surface area contributed by atoms with Crippen molar-refractivity contribution in [2.45, 2.75) is 25.7 Å². The van der Waals surface area contributed by atoms with Crippen molar-refractivity contribution in [3.05, 3.63) is 102 Å². The van der Waals surface area contributed by atoms with Crippen LogP contribution in [0.5, 0.6) is 0 Å². The van der Waals surface area contributed by atoms with Crippen molar-refractivity contribution in [3.63, 3.8) is 0 Å². The van der Waals surface area contributed by atoms with Gasteiger partial charge in [-0.3, -0.25) is 0 Å². The molecule has 3 aromatic carbocycles. The second-order valence-corrected chi connectivity index (χ2v) is 9.20. The SMILES string of the molecule is CCC1C=C(CCP(c2ccccc2)c2ccccc2)c2ccccc21. The van der Waals surface area contributed by atoms with Crippen LogP contribution in [0.25, 0.3) is 5.57 Å². The smallest absolute Gasteiger partial charge is 0.00274 e. The molecule has 130 valence electrons. The lowest BCUT2D eigenvalue weighted by atomic mass is 9.98. The Balaban J connectivity index is 1.60. The average molecular weight is 356 g/mol. The molecule has 1 heteroatoms. The Morgan fingerprint density at radius 3 is 1.92 bits per heavy atom. The van der Waals surface area contributed by atoms with Gasteiger partial charge < -0.3 is 0 Å². The maximum absolute atomic E-state index is 2.52. The van der Waals surface area contributed by atoms with E-state index in [1.165, 1.54) is 34.3 Å². The standard InChI is InChI=1S/C25H25P/c1-2-20-19-21(25-16-10-9-15-24(20)25)17-18-26(22-11-5-3-6-12-22)23-13-7-4-8-14-23/h3-16,19-20H,2,17-18H2,1H3. The van der Waals surface area contributed by atoms with Gasteiger partial charge in [0.05, 0.1) is 0 Å². The zero-order valence-corrected chi connectivity index (χ0v) is 16.2. The van der Waals surface area contributed by atoms with Gasteiger partial charge in [0.2, 0.25) is 0 Å². The largest absolute Gasteiger partial charge is 0.0732 e. The van der Waals surface area contributed by atoms with E-state index in [2.05, 4.69) is 97.9 Å². The van der Waals surface area contributed by atoms with Crippen molar-refractivity contribution in [2.24, 2.45) is 0 Å². The summed E-state index contributed by atoms with van der Waals surface area (Å²) in [6, 6.07) is 31.1. The van der Waals surface area contributed by atoms with Gasteiger partial charge in [0.1, 0.15) is 0 Å². The van der Waals surface area contributed by atoms with Gasteiger partial charge in [-0.1, -0.05) is 97.9 Å². The summed E-state index contributed by atoms with van der Waals surface area (Å²) in [5.74, 6) is 0.598. The highest BCUT2D eigenvalue weighted by atomic mass is 31.1. The van der Waals surface area contributed by atoms with Crippen molar-refractivity contribution in [1.82, 2.24) is 0 Å². The summed E-state index contributed by atoms with van der Waals surface area (Å²) in [7, 11) is -0.316. The first-order chi connectivity index (χ1) is 12.9. The van der Waals surface area contributed by atoms with Gasteiger partial charge in [0, 0.05) is 5.92 Å². The van der Waals surface area contributed by atoms with Crippen molar-refractivity contribution in [2.75, 3.05) is 6.16 Å². The van der Waals surface area contributed by atoms with E-state index in [9.17, 15) is 0 Å². The number of rotatable bonds is 6. The van der Waals surface area contributed by atoms with E-state index in [-0.39, 0.29) is 7.92 Å². The quantitative estimate of drug-likeness (QED) is 0.468. The normalized spacial score (nSPS) is 15.8. The molecule has 1 aliphatic carbocycles. The lowest BCUT2D eigenvalue weighted by molar-refractivity contribution is 0.818. The zero-order chi connectivity index (χ0) is 17.8. The van der Waals surface area contributed by atoms with Gasteiger partial charge in [-0.05, 0) is 54.2 Å². The monoisotopic (exact) mass is 356 g/mol. The Labute approximate surface area is 158 Å². The van der Waals surface area contributed by atoms with Gasteiger partial charge in [-0.25, -0.2) is 0 Å². The third kappa shape index (κ3) is 3.53. The minimum atomic E-state index is -0.316. The molecule has 0 heterocycles. The van der Waals surface area contributed by atoms with Crippen LogP contribution in [0.1, 0.15) is 36.8 Å². The van der Waals surface area contributed by atoms with Gasteiger partial charge in [-0.2, -0.15) is 0 Å². The zero-order valence-electron chi connectivity index (χ0n) is 15.3. The molecular weight excluding hydrogens is 331 g/mol. The van der Waals surface area contributed by atoms with Crippen molar-refractivity contribution in [1.29, 1.82) is 0 Å². The maximum atomic E-state index is 2.52. The van der Waals surface area contributed by atoms with Gasteiger partial charge in [0.15, 0.2) is 0 Å². The van der Waals surface area contributed by atoms with E-state index in [1.54, 1.807) is 5.57 Å². The first kappa shape index (κ1) is 17.3. The Kier molecular flexibility index (Phi) is 5.32. The van der Waals surface area contributed by atoms with E-state index >= 15 is 0 Å². The average Bonchev–Trinajstić information content (AvgIpc) is 3.08. The van der Waals surface area contributed by atoms with E-state index in [0.29, 0.717) is 5.92 Å². The summed E-state index contributed by atoms with van der Waals surface area (Å²) in [6.07, 6.45) is 6.07. The molecule has 1 aliphatic rings. The van der Waals surface area contributed by atoms with E-state index in [1.807, 2.05) is 0 Å². The molecule has 0 N–H and O–H groups in total. The molecule has 4 rings (SSSR count). The summed E-state index contributed by atoms with van der Waals surface area (Å²) < 4.78 is 0. The van der Waals surface area contributed by atoms with Gasteiger partial charge >= 0.3 is 0 Å². The van der Waals surface area contributed by atoms with Crippen LogP contribution < -0.4 is 10.6 Å². The third-order valence-electron chi connectivity index (χ3n) is 5.29. The van der Waals surface area contributed by atoms with Crippen molar-refractivity contribution >= 4 is 24.1 Å². The Hall–Kier alpha value is -2.17. The Morgan fingerprint density at radius 1 is 0.731 bits per heavy atom. The Bertz CT molecular complexity index is 841. The minimum Gasteiger partial charge on any atom is -0.0732 e. The molecule has 0 aliphatic heterocycles. The molecule has 0 spiro atoms. The van der Waals surface area contributed by atoms with Crippen molar-refractivity contribution < 1.29 is 0 Å². The van der Waals surface area contributed by atoms with Gasteiger partial charge in [0.25, 0.3) is 0 Å². The van der Waals surface area contributed by atoms with Crippen LogP contribution in [-0.2, 0) is 0 Å². The van der Waals surface area contributed by atoms with Crippen LogP contribution in [0.3, 0.4) is 0 Å². The fourth-order valence-corrected chi connectivity index (χ4v) is 6.29. The Morgan fingerprint density at radius 2 is 1.31 bits per heavy atom. The molecule has 0 saturated heterocycles. The van der Waals surface area contributed by atoms with Crippen LogP contribution >= 0.6 is 7.92 Å².